The zero-order chi connectivity index (χ0) is 12.9. The summed E-state index contributed by atoms with van der Waals surface area (Å²) in [6.45, 7) is 0.175. The molecular formula is C10H18N4O3. The summed E-state index contributed by atoms with van der Waals surface area (Å²) >= 11 is 0. The fourth-order valence-corrected chi connectivity index (χ4v) is 2.14. The van der Waals surface area contributed by atoms with Crippen LogP contribution in [0.4, 0.5) is 0 Å². The SMILES string of the molecule is NC(=O)CCNC(=O)C1(C(N)=NO)CCCC1. The quantitative estimate of drug-likeness (QED) is 0.219. The molecule has 1 rings (SSSR count). The Morgan fingerprint density at radius 1 is 1.29 bits per heavy atom. The zero-order valence-corrected chi connectivity index (χ0v) is 9.61. The molecule has 0 heterocycles. The van der Waals surface area contributed by atoms with E-state index in [1.165, 1.54) is 0 Å². The normalized spacial score (nSPS) is 18.9. The Morgan fingerprint density at radius 2 is 1.88 bits per heavy atom. The maximum atomic E-state index is 12.0. The van der Waals surface area contributed by atoms with Gasteiger partial charge < -0.3 is 22.0 Å². The Balaban J connectivity index is 2.65. The predicted octanol–water partition coefficient (Wildman–Crippen LogP) is -0.715. The van der Waals surface area contributed by atoms with Crippen LogP contribution in [0.25, 0.3) is 0 Å². The van der Waals surface area contributed by atoms with Gasteiger partial charge >= 0.3 is 0 Å². The van der Waals surface area contributed by atoms with Crippen molar-refractivity contribution < 1.29 is 14.8 Å². The van der Waals surface area contributed by atoms with Crippen molar-refractivity contribution in [3.63, 3.8) is 0 Å². The van der Waals surface area contributed by atoms with Gasteiger partial charge in [0, 0.05) is 13.0 Å². The van der Waals surface area contributed by atoms with Crippen LogP contribution in [-0.2, 0) is 9.59 Å². The van der Waals surface area contributed by atoms with E-state index in [1.807, 2.05) is 0 Å². The van der Waals surface area contributed by atoms with Crippen molar-refractivity contribution in [1.82, 2.24) is 5.32 Å². The van der Waals surface area contributed by atoms with E-state index in [9.17, 15) is 9.59 Å². The fraction of sp³-hybridized carbons (Fsp3) is 0.700. The summed E-state index contributed by atoms with van der Waals surface area (Å²) in [5.74, 6) is -0.840. The first-order chi connectivity index (χ1) is 8.03. The largest absolute Gasteiger partial charge is 0.409 e. The number of carbonyl (C=O) groups excluding carboxylic acids is 2. The average Bonchev–Trinajstić information content (AvgIpc) is 2.77. The monoisotopic (exact) mass is 242 g/mol. The minimum absolute atomic E-state index is 0.0634. The summed E-state index contributed by atoms with van der Waals surface area (Å²) in [6, 6.07) is 0. The summed E-state index contributed by atoms with van der Waals surface area (Å²) in [5, 5.41) is 14.3. The number of nitrogens with zero attached hydrogens (tertiary/aromatic N) is 1. The Morgan fingerprint density at radius 3 is 2.35 bits per heavy atom. The van der Waals surface area contributed by atoms with E-state index in [-0.39, 0.29) is 24.7 Å². The second kappa shape index (κ2) is 5.51. The number of primary amides is 1. The molecule has 1 aliphatic carbocycles. The molecule has 0 aliphatic heterocycles. The van der Waals surface area contributed by atoms with Crippen molar-refractivity contribution in [2.24, 2.45) is 22.0 Å². The lowest BCUT2D eigenvalue weighted by molar-refractivity contribution is -0.127. The van der Waals surface area contributed by atoms with Crippen molar-refractivity contribution in [1.29, 1.82) is 0 Å². The summed E-state index contributed by atoms with van der Waals surface area (Å²) < 4.78 is 0. The Bertz CT molecular complexity index is 334. The van der Waals surface area contributed by atoms with Crippen LogP contribution in [0, 0.1) is 5.41 Å². The van der Waals surface area contributed by atoms with Gasteiger partial charge in [-0.15, -0.1) is 0 Å². The molecule has 0 radical (unpaired) electrons. The van der Waals surface area contributed by atoms with Gasteiger partial charge in [-0.25, -0.2) is 0 Å². The van der Waals surface area contributed by atoms with Crippen LogP contribution in [0.2, 0.25) is 0 Å². The number of amidine groups is 1. The maximum Gasteiger partial charge on any atom is 0.233 e. The van der Waals surface area contributed by atoms with Gasteiger partial charge in [0.05, 0.1) is 0 Å². The minimum Gasteiger partial charge on any atom is -0.409 e. The lowest BCUT2D eigenvalue weighted by Gasteiger charge is -2.25. The van der Waals surface area contributed by atoms with E-state index < -0.39 is 11.3 Å². The topological polar surface area (TPSA) is 131 Å². The molecule has 0 aromatic heterocycles. The van der Waals surface area contributed by atoms with Crippen molar-refractivity contribution in [2.45, 2.75) is 32.1 Å². The lowest BCUT2D eigenvalue weighted by Crippen LogP contribution is -2.48. The third-order valence-corrected chi connectivity index (χ3v) is 3.15. The summed E-state index contributed by atoms with van der Waals surface area (Å²) in [4.78, 5) is 22.6. The van der Waals surface area contributed by atoms with E-state index >= 15 is 0 Å². The molecule has 1 fully saturated rings. The number of hydrogen-bond donors (Lipinski definition) is 4. The van der Waals surface area contributed by atoms with Gasteiger partial charge in [0.15, 0.2) is 5.84 Å². The van der Waals surface area contributed by atoms with Gasteiger partial charge in [-0.3, -0.25) is 9.59 Å². The predicted molar refractivity (Wildman–Crippen MR) is 61.1 cm³/mol. The standard InChI is InChI=1S/C10H18N4O3/c11-7(15)3-6-13-9(16)10(8(12)14-17)4-1-2-5-10/h17H,1-6H2,(H2,11,15)(H2,12,14)(H,13,16). The smallest absolute Gasteiger partial charge is 0.233 e. The van der Waals surface area contributed by atoms with Crippen molar-refractivity contribution >= 4 is 17.6 Å². The molecular weight excluding hydrogens is 224 g/mol. The highest BCUT2D eigenvalue weighted by atomic mass is 16.4. The Labute approximate surface area is 99.2 Å². The van der Waals surface area contributed by atoms with Crippen LogP contribution in [0.5, 0.6) is 0 Å². The molecule has 1 saturated carbocycles. The second-order valence-electron chi connectivity index (χ2n) is 4.25. The van der Waals surface area contributed by atoms with Crippen molar-refractivity contribution in [3.8, 4) is 0 Å². The molecule has 0 unspecified atom stereocenters. The fourth-order valence-electron chi connectivity index (χ4n) is 2.14. The zero-order valence-electron chi connectivity index (χ0n) is 9.61. The van der Waals surface area contributed by atoms with Crippen LogP contribution < -0.4 is 16.8 Å². The molecule has 0 spiro atoms. The Kier molecular flexibility index (Phi) is 4.30. The first-order valence-electron chi connectivity index (χ1n) is 5.57. The summed E-state index contributed by atoms with van der Waals surface area (Å²) in [5.41, 5.74) is 9.64. The first kappa shape index (κ1) is 13.3. The van der Waals surface area contributed by atoms with E-state index in [0.717, 1.165) is 12.8 Å². The van der Waals surface area contributed by atoms with Gasteiger partial charge in [-0.1, -0.05) is 18.0 Å². The third-order valence-electron chi connectivity index (χ3n) is 3.15. The van der Waals surface area contributed by atoms with Gasteiger partial charge in [-0.2, -0.15) is 0 Å². The Hall–Kier alpha value is -1.79. The van der Waals surface area contributed by atoms with E-state index in [2.05, 4.69) is 10.5 Å². The molecule has 7 heteroatoms. The molecule has 0 bridgehead atoms. The van der Waals surface area contributed by atoms with Gasteiger partial charge in [0.2, 0.25) is 11.8 Å². The lowest BCUT2D eigenvalue weighted by atomic mass is 9.84. The number of rotatable bonds is 5. The number of carbonyl (C=O) groups is 2. The molecule has 7 nitrogen and oxygen atoms in total. The molecule has 0 atom stereocenters. The van der Waals surface area contributed by atoms with Crippen LogP contribution in [-0.4, -0.2) is 29.4 Å². The molecule has 96 valence electrons. The highest BCUT2D eigenvalue weighted by Gasteiger charge is 2.45. The number of hydrogen-bond acceptors (Lipinski definition) is 4. The molecule has 1 aliphatic rings. The summed E-state index contributed by atoms with van der Waals surface area (Å²) in [7, 11) is 0. The van der Waals surface area contributed by atoms with E-state index in [0.29, 0.717) is 12.8 Å². The summed E-state index contributed by atoms with van der Waals surface area (Å²) in [6.07, 6.45) is 2.92. The van der Waals surface area contributed by atoms with Gasteiger partial charge in [0.25, 0.3) is 0 Å². The highest BCUT2D eigenvalue weighted by molar-refractivity contribution is 6.07. The number of amides is 2. The number of nitrogens with one attached hydrogen (secondary N) is 1. The highest BCUT2D eigenvalue weighted by Crippen LogP contribution is 2.38. The van der Waals surface area contributed by atoms with Gasteiger partial charge in [-0.05, 0) is 12.8 Å². The molecule has 0 aromatic rings. The second-order valence-corrected chi connectivity index (χ2v) is 4.25. The first-order valence-corrected chi connectivity index (χ1v) is 5.57. The van der Waals surface area contributed by atoms with Crippen LogP contribution >= 0.6 is 0 Å². The molecule has 17 heavy (non-hydrogen) atoms. The minimum atomic E-state index is -0.924. The molecule has 0 saturated heterocycles. The van der Waals surface area contributed by atoms with Crippen molar-refractivity contribution in [2.75, 3.05) is 6.54 Å². The molecule has 6 N–H and O–H groups in total. The average molecular weight is 242 g/mol. The maximum absolute atomic E-state index is 12.0. The van der Waals surface area contributed by atoms with Crippen LogP contribution in [0.15, 0.2) is 5.16 Å². The number of oxime groups is 1. The van der Waals surface area contributed by atoms with Gasteiger partial charge in [0.1, 0.15) is 5.41 Å². The van der Waals surface area contributed by atoms with Crippen molar-refractivity contribution in [3.05, 3.63) is 0 Å². The van der Waals surface area contributed by atoms with E-state index in [4.69, 9.17) is 16.7 Å². The third kappa shape index (κ3) is 2.86. The van der Waals surface area contributed by atoms with Crippen LogP contribution in [0.3, 0.4) is 0 Å². The molecule has 0 aromatic carbocycles. The number of nitrogens with two attached hydrogens (primary N) is 2. The van der Waals surface area contributed by atoms with Crippen LogP contribution in [0.1, 0.15) is 32.1 Å². The van der Waals surface area contributed by atoms with E-state index in [1.54, 1.807) is 0 Å². The molecule has 2 amide bonds.